The highest BCUT2D eigenvalue weighted by Gasteiger charge is 2.42. The molecule has 150 valence electrons. The second kappa shape index (κ2) is 8.28. The molecule has 4 nitrogen and oxygen atoms in total. The van der Waals surface area contributed by atoms with E-state index in [2.05, 4.69) is 5.32 Å². The predicted molar refractivity (Wildman–Crippen MR) is 94.0 cm³/mol. The quantitative estimate of drug-likeness (QED) is 0.739. The van der Waals surface area contributed by atoms with E-state index in [1.54, 1.807) is 0 Å². The number of halogens is 4. The molecule has 0 saturated carbocycles. The van der Waals surface area contributed by atoms with Crippen LogP contribution in [0.5, 0.6) is 0 Å². The molecule has 2 aromatic carbocycles. The van der Waals surface area contributed by atoms with E-state index >= 15 is 0 Å². The summed E-state index contributed by atoms with van der Waals surface area (Å²) in [6.45, 7) is -0.111. The van der Waals surface area contributed by atoms with Crippen LogP contribution in [0.2, 0.25) is 0 Å². The number of likely N-dealkylation sites (tertiary alicyclic amines) is 1. The molecule has 1 aliphatic rings. The number of nitrogens with one attached hydrogen (secondary N) is 1. The number of hydrogen-bond donors (Lipinski definition) is 2. The second-order valence-electron chi connectivity index (χ2n) is 6.91. The number of aliphatic hydroxyl groups is 1. The van der Waals surface area contributed by atoms with Crippen LogP contribution in [-0.2, 0) is 17.9 Å². The third-order valence-corrected chi connectivity index (χ3v) is 4.84. The topological polar surface area (TPSA) is 52.6 Å². The van der Waals surface area contributed by atoms with Crippen molar-refractivity contribution in [3.05, 3.63) is 70.8 Å². The number of benzene rings is 2. The van der Waals surface area contributed by atoms with Crippen molar-refractivity contribution in [2.24, 2.45) is 0 Å². The summed E-state index contributed by atoms with van der Waals surface area (Å²) in [6.07, 6.45) is 0.641. The molecule has 1 heterocycles. The number of carbonyl (C=O) groups excluding carboxylic acids is 1. The highest BCUT2D eigenvalue weighted by molar-refractivity contribution is 5.86. The maximum atomic E-state index is 13.9. The number of piperidine rings is 1. The first-order valence-electron chi connectivity index (χ1n) is 8.89. The minimum atomic E-state index is -1.76. The lowest BCUT2D eigenvalue weighted by Crippen LogP contribution is -2.57. The molecule has 1 unspecified atom stereocenters. The first-order chi connectivity index (χ1) is 13.3. The van der Waals surface area contributed by atoms with Crippen LogP contribution in [0.3, 0.4) is 0 Å². The lowest BCUT2D eigenvalue weighted by atomic mass is 9.91. The number of rotatable bonds is 6. The van der Waals surface area contributed by atoms with Gasteiger partial charge in [0.1, 0.15) is 11.6 Å². The van der Waals surface area contributed by atoms with Crippen LogP contribution in [0, 0.1) is 23.3 Å². The summed E-state index contributed by atoms with van der Waals surface area (Å²) in [6, 6.07) is 6.76. The molecule has 0 aromatic heterocycles. The van der Waals surface area contributed by atoms with Crippen molar-refractivity contribution in [2.45, 2.75) is 31.5 Å². The Morgan fingerprint density at radius 2 is 1.86 bits per heavy atom. The summed E-state index contributed by atoms with van der Waals surface area (Å²) in [5.41, 5.74) is -1.66. The van der Waals surface area contributed by atoms with Crippen molar-refractivity contribution in [3.63, 3.8) is 0 Å². The first kappa shape index (κ1) is 20.3. The maximum Gasteiger partial charge on any atom is 0.256 e. The van der Waals surface area contributed by atoms with Crippen LogP contribution in [0.1, 0.15) is 24.0 Å². The van der Waals surface area contributed by atoms with E-state index in [-0.39, 0.29) is 37.2 Å². The third-order valence-electron chi connectivity index (χ3n) is 4.84. The van der Waals surface area contributed by atoms with Crippen LogP contribution in [0.15, 0.2) is 36.4 Å². The van der Waals surface area contributed by atoms with Crippen molar-refractivity contribution >= 4 is 5.91 Å². The SMILES string of the molecule is O=C1N(Cc2cccc(F)c2F)CCCC1(O)CNCc1cc(F)ccc1F. The van der Waals surface area contributed by atoms with Gasteiger partial charge in [0.15, 0.2) is 17.2 Å². The van der Waals surface area contributed by atoms with Crippen molar-refractivity contribution in [1.29, 1.82) is 0 Å². The third kappa shape index (κ3) is 4.34. The molecule has 0 spiro atoms. The normalized spacial score (nSPS) is 19.9. The molecule has 3 rings (SSSR count). The number of amides is 1. The molecule has 1 atom stereocenters. The summed E-state index contributed by atoms with van der Waals surface area (Å²) < 4.78 is 54.2. The van der Waals surface area contributed by atoms with Gasteiger partial charge in [0.05, 0.1) is 0 Å². The minimum Gasteiger partial charge on any atom is -0.379 e. The monoisotopic (exact) mass is 396 g/mol. The number of nitrogens with zero attached hydrogens (tertiary/aromatic N) is 1. The van der Waals surface area contributed by atoms with Gasteiger partial charge >= 0.3 is 0 Å². The Bertz CT molecular complexity index is 877. The van der Waals surface area contributed by atoms with Crippen molar-refractivity contribution < 1.29 is 27.5 Å². The molecule has 1 amide bonds. The molecule has 2 N–H and O–H groups in total. The van der Waals surface area contributed by atoms with Gasteiger partial charge in [0, 0.05) is 37.3 Å². The van der Waals surface area contributed by atoms with Gasteiger partial charge in [0.25, 0.3) is 5.91 Å². The van der Waals surface area contributed by atoms with Crippen LogP contribution in [0.4, 0.5) is 17.6 Å². The molecule has 0 aliphatic carbocycles. The summed E-state index contributed by atoms with van der Waals surface area (Å²) in [4.78, 5) is 14.0. The predicted octanol–water partition coefficient (Wildman–Crippen LogP) is 2.89. The standard InChI is InChI=1S/C20H20F4N2O2/c21-15-5-6-16(22)14(9-15)10-25-12-20(28)7-2-8-26(19(20)27)11-13-3-1-4-17(23)18(13)24/h1,3-6,9,25,28H,2,7-8,10-12H2. The number of carbonyl (C=O) groups is 1. The Kier molecular flexibility index (Phi) is 6.00. The Morgan fingerprint density at radius 3 is 2.64 bits per heavy atom. The van der Waals surface area contributed by atoms with E-state index < -0.39 is 34.8 Å². The van der Waals surface area contributed by atoms with Gasteiger partial charge in [-0.25, -0.2) is 17.6 Å². The average Bonchev–Trinajstić information content (AvgIpc) is 2.66. The summed E-state index contributed by atoms with van der Waals surface area (Å²) in [7, 11) is 0. The average molecular weight is 396 g/mol. The van der Waals surface area contributed by atoms with E-state index in [0.717, 1.165) is 24.3 Å². The van der Waals surface area contributed by atoms with Crippen LogP contribution in [-0.4, -0.2) is 34.6 Å². The Hall–Kier alpha value is -2.45. The van der Waals surface area contributed by atoms with Gasteiger partial charge in [-0.1, -0.05) is 12.1 Å². The largest absolute Gasteiger partial charge is 0.379 e. The molecule has 0 radical (unpaired) electrons. The maximum absolute atomic E-state index is 13.9. The van der Waals surface area contributed by atoms with Crippen molar-refractivity contribution in [3.8, 4) is 0 Å². The second-order valence-corrected chi connectivity index (χ2v) is 6.91. The lowest BCUT2D eigenvalue weighted by Gasteiger charge is -2.38. The van der Waals surface area contributed by atoms with Crippen LogP contribution in [0.25, 0.3) is 0 Å². The minimum absolute atomic E-state index is 0.0207. The molecule has 1 aliphatic heterocycles. The smallest absolute Gasteiger partial charge is 0.256 e. The fourth-order valence-corrected chi connectivity index (χ4v) is 3.34. The molecule has 1 fully saturated rings. The molecule has 8 heteroatoms. The number of hydrogen-bond acceptors (Lipinski definition) is 3. The lowest BCUT2D eigenvalue weighted by molar-refractivity contribution is -0.157. The zero-order valence-corrected chi connectivity index (χ0v) is 15.0. The summed E-state index contributed by atoms with van der Waals surface area (Å²) in [5.74, 6) is -3.83. The van der Waals surface area contributed by atoms with Gasteiger partial charge in [-0.2, -0.15) is 0 Å². The molecule has 2 aromatic rings. The molecule has 0 bridgehead atoms. The van der Waals surface area contributed by atoms with E-state index in [1.807, 2.05) is 0 Å². The zero-order chi connectivity index (χ0) is 20.3. The van der Waals surface area contributed by atoms with Gasteiger partial charge in [-0.05, 0) is 37.1 Å². The van der Waals surface area contributed by atoms with Crippen molar-refractivity contribution in [2.75, 3.05) is 13.1 Å². The van der Waals surface area contributed by atoms with Gasteiger partial charge in [-0.15, -0.1) is 0 Å². The molecular weight excluding hydrogens is 376 g/mol. The van der Waals surface area contributed by atoms with E-state index in [4.69, 9.17) is 0 Å². The fourth-order valence-electron chi connectivity index (χ4n) is 3.34. The van der Waals surface area contributed by atoms with E-state index in [0.29, 0.717) is 13.0 Å². The Morgan fingerprint density at radius 1 is 1.07 bits per heavy atom. The zero-order valence-electron chi connectivity index (χ0n) is 15.0. The molecular formula is C20H20F4N2O2. The van der Waals surface area contributed by atoms with E-state index in [9.17, 15) is 27.5 Å². The van der Waals surface area contributed by atoms with Crippen LogP contribution >= 0.6 is 0 Å². The van der Waals surface area contributed by atoms with Gasteiger partial charge in [0.2, 0.25) is 0 Å². The molecule has 1 saturated heterocycles. The van der Waals surface area contributed by atoms with Crippen LogP contribution < -0.4 is 5.32 Å². The summed E-state index contributed by atoms with van der Waals surface area (Å²) >= 11 is 0. The highest BCUT2D eigenvalue weighted by Crippen LogP contribution is 2.25. The first-order valence-corrected chi connectivity index (χ1v) is 8.89. The van der Waals surface area contributed by atoms with Crippen molar-refractivity contribution in [1.82, 2.24) is 10.2 Å². The highest BCUT2D eigenvalue weighted by atomic mass is 19.2. The van der Waals surface area contributed by atoms with E-state index in [1.165, 1.54) is 17.0 Å². The Balaban J connectivity index is 1.65. The van der Waals surface area contributed by atoms with Gasteiger partial charge in [-0.3, -0.25) is 4.79 Å². The fraction of sp³-hybridized carbons (Fsp3) is 0.350. The van der Waals surface area contributed by atoms with Gasteiger partial charge < -0.3 is 15.3 Å². The molecule has 28 heavy (non-hydrogen) atoms. The summed E-state index contributed by atoms with van der Waals surface area (Å²) in [5, 5.41) is 13.5. The Labute approximate surface area is 159 Å².